The molecule has 0 bridgehead atoms. The molecule has 1 saturated heterocycles. The van der Waals surface area contributed by atoms with Gasteiger partial charge in [-0.2, -0.15) is 0 Å². The van der Waals surface area contributed by atoms with Crippen molar-refractivity contribution in [3.05, 3.63) is 53.1 Å². The number of carboxylic acids is 1. The van der Waals surface area contributed by atoms with Crippen LogP contribution in [0.4, 0.5) is 17.1 Å². The lowest BCUT2D eigenvalue weighted by atomic mass is 9.89. The molecule has 1 heterocycles. The van der Waals surface area contributed by atoms with Gasteiger partial charge in [0.1, 0.15) is 0 Å². The van der Waals surface area contributed by atoms with Gasteiger partial charge < -0.3 is 25.8 Å². The molecule has 0 aromatic heterocycles. The Balaban J connectivity index is 1.79. The predicted molar refractivity (Wildman–Crippen MR) is 117 cm³/mol. The lowest BCUT2D eigenvalue weighted by Crippen LogP contribution is -2.36. The summed E-state index contributed by atoms with van der Waals surface area (Å²) in [7, 11) is 1.57. The first kappa shape index (κ1) is 21.6. The van der Waals surface area contributed by atoms with Gasteiger partial charge in [0.15, 0.2) is 0 Å². The fourth-order valence-corrected chi connectivity index (χ4v) is 4.00. The number of anilines is 3. The summed E-state index contributed by atoms with van der Waals surface area (Å²) in [6.45, 7) is 3.57. The fraction of sp³-hybridized carbons (Fsp3) is 0.391. The Hall–Kier alpha value is -3.06. The van der Waals surface area contributed by atoms with Crippen molar-refractivity contribution in [3.8, 4) is 0 Å². The molecule has 2 aromatic carbocycles. The average molecular weight is 412 g/mol. The summed E-state index contributed by atoms with van der Waals surface area (Å²) in [5.41, 5.74) is 10.3. The van der Waals surface area contributed by atoms with Crippen LogP contribution in [0.5, 0.6) is 0 Å². The van der Waals surface area contributed by atoms with Crippen molar-refractivity contribution in [1.29, 1.82) is 0 Å². The zero-order chi connectivity index (χ0) is 21.7. The van der Waals surface area contributed by atoms with Crippen molar-refractivity contribution in [2.24, 2.45) is 0 Å². The summed E-state index contributed by atoms with van der Waals surface area (Å²) in [4.78, 5) is 25.0. The fourth-order valence-electron chi connectivity index (χ4n) is 4.00. The van der Waals surface area contributed by atoms with Crippen molar-refractivity contribution < 1.29 is 19.4 Å². The minimum Gasteiger partial charge on any atom is -0.478 e. The van der Waals surface area contributed by atoms with E-state index in [0.29, 0.717) is 35.9 Å². The molecule has 0 aliphatic carbocycles. The number of carbonyl (C=O) groups is 2. The molecule has 2 aromatic rings. The number of methoxy groups -OCH3 is 1. The lowest BCUT2D eigenvalue weighted by Gasteiger charge is -2.31. The van der Waals surface area contributed by atoms with E-state index in [1.165, 1.54) is 5.56 Å². The minimum atomic E-state index is -1.00. The molecule has 1 amide bonds. The second kappa shape index (κ2) is 9.63. The van der Waals surface area contributed by atoms with Crippen LogP contribution in [0.1, 0.15) is 47.2 Å². The smallest absolute Gasteiger partial charge is 0.336 e. The SMILES string of the molecule is COCCc1c(C(=O)O)ccc(Nc2cccc(C3CCN(C(C)=O)CC3)c2)c1N. The summed E-state index contributed by atoms with van der Waals surface area (Å²) in [5, 5.41) is 12.8. The zero-order valence-corrected chi connectivity index (χ0v) is 17.5. The molecule has 7 nitrogen and oxygen atoms in total. The summed E-state index contributed by atoms with van der Waals surface area (Å²) in [5.74, 6) is -0.460. The number of nitrogens with zero attached hydrogens (tertiary/aromatic N) is 1. The number of rotatable bonds is 7. The number of ether oxygens (including phenoxy) is 1. The number of nitrogens with two attached hydrogens (primary N) is 1. The van der Waals surface area contributed by atoms with Crippen LogP contribution in [0, 0.1) is 0 Å². The van der Waals surface area contributed by atoms with Crippen LogP contribution in [0.3, 0.4) is 0 Å². The summed E-state index contributed by atoms with van der Waals surface area (Å²) in [6, 6.07) is 11.5. The minimum absolute atomic E-state index is 0.133. The number of hydrogen-bond donors (Lipinski definition) is 3. The molecular weight excluding hydrogens is 382 g/mol. The molecule has 30 heavy (non-hydrogen) atoms. The van der Waals surface area contributed by atoms with Gasteiger partial charge in [-0.05, 0) is 60.6 Å². The Bertz CT molecular complexity index is 921. The van der Waals surface area contributed by atoms with E-state index in [0.717, 1.165) is 31.6 Å². The van der Waals surface area contributed by atoms with Gasteiger partial charge in [-0.1, -0.05) is 12.1 Å². The first-order chi connectivity index (χ1) is 14.4. The Labute approximate surface area is 176 Å². The van der Waals surface area contributed by atoms with Crippen LogP contribution >= 0.6 is 0 Å². The first-order valence-electron chi connectivity index (χ1n) is 10.2. The number of likely N-dealkylation sites (tertiary alicyclic amines) is 1. The van der Waals surface area contributed by atoms with E-state index in [9.17, 15) is 14.7 Å². The maximum atomic E-state index is 11.6. The van der Waals surface area contributed by atoms with E-state index in [-0.39, 0.29) is 11.5 Å². The third-order valence-corrected chi connectivity index (χ3v) is 5.72. The maximum absolute atomic E-state index is 11.6. The second-order valence-corrected chi connectivity index (χ2v) is 7.63. The molecule has 0 radical (unpaired) electrons. The third-order valence-electron chi connectivity index (χ3n) is 5.72. The number of piperidine rings is 1. The van der Waals surface area contributed by atoms with Crippen molar-refractivity contribution in [2.45, 2.75) is 32.1 Å². The average Bonchev–Trinajstić information content (AvgIpc) is 2.74. The second-order valence-electron chi connectivity index (χ2n) is 7.63. The van der Waals surface area contributed by atoms with E-state index >= 15 is 0 Å². The van der Waals surface area contributed by atoms with Crippen molar-refractivity contribution >= 4 is 28.9 Å². The van der Waals surface area contributed by atoms with Gasteiger partial charge in [-0.15, -0.1) is 0 Å². The topological polar surface area (TPSA) is 105 Å². The number of benzene rings is 2. The van der Waals surface area contributed by atoms with E-state index in [2.05, 4.69) is 17.4 Å². The Morgan fingerprint density at radius 1 is 1.23 bits per heavy atom. The lowest BCUT2D eigenvalue weighted by molar-refractivity contribution is -0.129. The van der Waals surface area contributed by atoms with Crippen LogP contribution in [-0.4, -0.2) is 48.7 Å². The summed E-state index contributed by atoms with van der Waals surface area (Å²) in [6.07, 6.45) is 2.31. The molecule has 0 atom stereocenters. The van der Waals surface area contributed by atoms with E-state index in [1.54, 1.807) is 26.2 Å². The highest BCUT2D eigenvalue weighted by molar-refractivity contribution is 5.94. The summed E-state index contributed by atoms with van der Waals surface area (Å²) < 4.78 is 5.11. The molecule has 3 rings (SSSR count). The van der Waals surface area contributed by atoms with Crippen molar-refractivity contribution in [1.82, 2.24) is 4.90 Å². The molecule has 160 valence electrons. The first-order valence-corrected chi connectivity index (χ1v) is 10.2. The van der Waals surface area contributed by atoms with E-state index in [1.807, 2.05) is 17.0 Å². The normalized spacial score (nSPS) is 14.5. The highest BCUT2D eigenvalue weighted by Crippen LogP contribution is 2.33. The molecule has 1 aliphatic heterocycles. The monoisotopic (exact) mass is 411 g/mol. The van der Waals surface area contributed by atoms with Gasteiger partial charge in [0.05, 0.1) is 23.5 Å². The van der Waals surface area contributed by atoms with Gasteiger partial charge >= 0.3 is 5.97 Å². The third kappa shape index (κ3) is 4.91. The number of carboxylic acid groups (broad SMARTS) is 1. The Morgan fingerprint density at radius 2 is 1.97 bits per heavy atom. The molecule has 1 aliphatic rings. The molecule has 4 N–H and O–H groups in total. The Kier molecular flexibility index (Phi) is 6.95. The molecular formula is C23H29N3O4. The largest absolute Gasteiger partial charge is 0.478 e. The van der Waals surface area contributed by atoms with Gasteiger partial charge in [-0.25, -0.2) is 4.79 Å². The maximum Gasteiger partial charge on any atom is 0.336 e. The molecule has 0 unspecified atom stereocenters. The van der Waals surface area contributed by atoms with Gasteiger partial charge in [0.25, 0.3) is 0 Å². The van der Waals surface area contributed by atoms with Gasteiger partial charge in [0.2, 0.25) is 5.91 Å². The predicted octanol–water partition coefficient (Wildman–Crippen LogP) is 3.63. The molecule has 1 fully saturated rings. The highest BCUT2D eigenvalue weighted by atomic mass is 16.5. The number of nitrogens with one attached hydrogen (secondary N) is 1. The van der Waals surface area contributed by atoms with Gasteiger partial charge in [-0.3, -0.25) is 4.79 Å². The van der Waals surface area contributed by atoms with Crippen LogP contribution in [0.25, 0.3) is 0 Å². The molecule has 0 spiro atoms. The highest BCUT2D eigenvalue weighted by Gasteiger charge is 2.22. The molecule has 7 heteroatoms. The molecule has 0 saturated carbocycles. The number of amides is 1. The number of carbonyl (C=O) groups excluding carboxylic acids is 1. The van der Waals surface area contributed by atoms with E-state index < -0.39 is 5.97 Å². The Morgan fingerprint density at radius 3 is 2.60 bits per heavy atom. The van der Waals surface area contributed by atoms with Crippen LogP contribution in [0.15, 0.2) is 36.4 Å². The van der Waals surface area contributed by atoms with Gasteiger partial charge in [0, 0.05) is 32.8 Å². The van der Waals surface area contributed by atoms with Crippen molar-refractivity contribution in [2.75, 3.05) is 37.9 Å². The van der Waals surface area contributed by atoms with Crippen LogP contribution in [0.2, 0.25) is 0 Å². The van der Waals surface area contributed by atoms with Crippen molar-refractivity contribution in [3.63, 3.8) is 0 Å². The van der Waals surface area contributed by atoms with Crippen LogP contribution < -0.4 is 11.1 Å². The standard InChI is InChI=1S/C23H29N3O4/c1-15(27)26-11-8-16(9-12-26)17-4-3-5-18(14-17)25-21-7-6-20(23(28)29)19(22(21)24)10-13-30-2/h3-7,14,16,25H,8-13,24H2,1-2H3,(H,28,29). The van der Waals surface area contributed by atoms with E-state index in [4.69, 9.17) is 10.5 Å². The number of hydrogen-bond acceptors (Lipinski definition) is 5. The number of aromatic carboxylic acids is 1. The summed E-state index contributed by atoms with van der Waals surface area (Å²) >= 11 is 0. The quantitative estimate of drug-likeness (QED) is 0.601. The van der Waals surface area contributed by atoms with Crippen LogP contribution in [-0.2, 0) is 16.0 Å². The number of nitrogen functional groups attached to an aromatic ring is 1. The zero-order valence-electron chi connectivity index (χ0n) is 17.5.